The first-order valence-electron chi connectivity index (χ1n) is 19.4. The van der Waals surface area contributed by atoms with Crippen molar-refractivity contribution in [3.63, 3.8) is 0 Å². The van der Waals surface area contributed by atoms with Crippen LogP contribution >= 0.6 is 0 Å². The van der Waals surface area contributed by atoms with Gasteiger partial charge in [0.1, 0.15) is 22.7 Å². The Labute approximate surface area is 307 Å². The lowest BCUT2D eigenvalue weighted by Crippen LogP contribution is -2.29. The van der Waals surface area contributed by atoms with Gasteiger partial charge in [0.05, 0.1) is 12.2 Å². The predicted molar refractivity (Wildman–Crippen MR) is 204 cm³/mol. The van der Waals surface area contributed by atoms with Crippen LogP contribution in [-0.2, 0) is 19.1 Å². The fourth-order valence-corrected chi connectivity index (χ4v) is 6.77. The molecule has 0 aromatic heterocycles. The van der Waals surface area contributed by atoms with Gasteiger partial charge in [0, 0.05) is 12.0 Å². The molecule has 0 saturated heterocycles. The van der Waals surface area contributed by atoms with Gasteiger partial charge in [0.15, 0.2) is 0 Å². The first-order chi connectivity index (χ1) is 24.3. The second-order valence-corrected chi connectivity index (χ2v) is 15.7. The van der Waals surface area contributed by atoms with Crippen molar-refractivity contribution in [1.82, 2.24) is 0 Å². The molecule has 7 nitrogen and oxygen atoms in total. The first kappa shape index (κ1) is 41.8. The number of ether oxygens (including phenoxy) is 4. The summed E-state index contributed by atoms with van der Waals surface area (Å²) in [5.41, 5.74) is 1.08. The van der Waals surface area contributed by atoms with Crippen LogP contribution in [0.1, 0.15) is 166 Å². The maximum atomic E-state index is 12.8. The molecule has 7 heteroatoms. The van der Waals surface area contributed by atoms with Crippen molar-refractivity contribution >= 4 is 17.9 Å². The van der Waals surface area contributed by atoms with Crippen molar-refractivity contribution in [1.29, 1.82) is 0 Å². The summed E-state index contributed by atoms with van der Waals surface area (Å²) in [5.74, 6) is 1.80. The molecule has 0 N–H and O–H groups in total. The Kier molecular flexibility index (Phi) is 17.3. The highest BCUT2D eigenvalue weighted by atomic mass is 16.6. The minimum Gasteiger partial charge on any atom is -0.494 e. The highest BCUT2D eigenvalue weighted by Crippen LogP contribution is 2.38. The van der Waals surface area contributed by atoms with Crippen LogP contribution in [0.2, 0.25) is 0 Å². The largest absolute Gasteiger partial charge is 0.494 e. The van der Waals surface area contributed by atoms with Crippen LogP contribution in [0, 0.1) is 5.92 Å². The van der Waals surface area contributed by atoms with E-state index in [4.69, 9.17) is 18.9 Å². The number of esters is 3. The van der Waals surface area contributed by atoms with Crippen molar-refractivity contribution in [2.75, 3.05) is 6.61 Å². The topological polar surface area (TPSA) is 88.1 Å². The van der Waals surface area contributed by atoms with Crippen molar-refractivity contribution < 1.29 is 33.3 Å². The number of benzene rings is 2. The van der Waals surface area contributed by atoms with Crippen LogP contribution in [0.25, 0.3) is 0 Å². The first-order valence-corrected chi connectivity index (χ1v) is 19.4. The van der Waals surface area contributed by atoms with Crippen LogP contribution in [0.5, 0.6) is 11.5 Å². The molecule has 0 atom stereocenters. The van der Waals surface area contributed by atoms with E-state index < -0.39 is 17.2 Å². The minimum atomic E-state index is -0.597. The van der Waals surface area contributed by atoms with Gasteiger partial charge in [-0.15, -0.1) is 0 Å². The van der Waals surface area contributed by atoms with Crippen molar-refractivity contribution in [2.24, 2.45) is 5.92 Å². The summed E-state index contributed by atoms with van der Waals surface area (Å²) in [5, 5.41) is 0. The van der Waals surface area contributed by atoms with Gasteiger partial charge >= 0.3 is 17.9 Å². The maximum absolute atomic E-state index is 12.8. The van der Waals surface area contributed by atoms with E-state index in [-0.39, 0.29) is 11.9 Å². The zero-order valence-electron chi connectivity index (χ0n) is 32.4. The normalized spacial score (nSPS) is 16.3. The summed E-state index contributed by atoms with van der Waals surface area (Å²) in [6.45, 7) is 15.7. The Morgan fingerprint density at radius 1 is 0.725 bits per heavy atom. The number of rotatable bonds is 22. The van der Waals surface area contributed by atoms with Gasteiger partial charge in [0.2, 0.25) is 0 Å². The van der Waals surface area contributed by atoms with E-state index in [1.54, 1.807) is 31.2 Å². The van der Waals surface area contributed by atoms with Crippen LogP contribution in [0.4, 0.5) is 0 Å². The molecule has 2 aromatic carbocycles. The standard InChI is InChI=1S/C44H64O7/c1-8-9-11-16-34-18-20-35(21-19-34)36-22-28-39(29-23-36)49-42(47)37-24-26-38(27-25-37)48-32-15-10-13-30-43(4,5)50-40(45)17-12-14-31-44(6,7)51-41(46)33(2)3/h22-29,34-35H,2,8-21,30-32H2,1,3-7H3. The van der Waals surface area contributed by atoms with E-state index in [1.807, 2.05) is 39.8 Å². The van der Waals surface area contributed by atoms with Gasteiger partial charge in [-0.05, 0) is 159 Å². The molecule has 3 rings (SSSR count). The molecule has 0 unspecified atom stereocenters. The zero-order chi connectivity index (χ0) is 37.3. The van der Waals surface area contributed by atoms with Gasteiger partial charge in [-0.2, -0.15) is 0 Å². The third-order valence-electron chi connectivity index (χ3n) is 9.92. The predicted octanol–water partition coefficient (Wildman–Crippen LogP) is 11.5. The SMILES string of the molecule is C=C(C)C(=O)OC(C)(C)CCCCC(=O)OC(C)(C)CCCCCOc1ccc(C(=O)Oc2ccc(C3CCC(CCCCC)CC3)cc2)cc1. The van der Waals surface area contributed by atoms with Crippen LogP contribution < -0.4 is 9.47 Å². The molecule has 1 aliphatic rings. The quantitative estimate of drug-likeness (QED) is 0.0521. The molecule has 282 valence electrons. The second-order valence-electron chi connectivity index (χ2n) is 15.7. The number of carbonyl (C=O) groups is 3. The molecule has 2 aromatic rings. The van der Waals surface area contributed by atoms with E-state index in [9.17, 15) is 14.4 Å². The fraction of sp³-hybridized carbons (Fsp3) is 0.614. The summed E-state index contributed by atoms with van der Waals surface area (Å²) >= 11 is 0. The van der Waals surface area contributed by atoms with E-state index in [0.29, 0.717) is 54.4 Å². The van der Waals surface area contributed by atoms with Gasteiger partial charge in [-0.1, -0.05) is 51.3 Å². The van der Waals surface area contributed by atoms with Crippen molar-refractivity contribution in [2.45, 2.75) is 161 Å². The maximum Gasteiger partial charge on any atom is 0.343 e. The van der Waals surface area contributed by atoms with E-state index >= 15 is 0 Å². The summed E-state index contributed by atoms with van der Waals surface area (Å²) < 4.78 is 22.8. The van der Waals surface area contributed by atoms with Crippen molar-refractivity contribution in [3.8, 4) is 11.5 Å². The molecule has 0 heterocycles. The van der Waals surface area contributed by atoms with Crippen LogP contribution in [0.15, 0.2) is 60.7 Å². The third-order valence-corrected chi connectivity index (χ3v) is 9.92. The summed E-state index contributed by atoms with van der Waals surface area (Å²) in [6, 6.07) is 15.2. The number of unbranched alkanes of at least 4 members (excludes halogenated alkanes) is 5. The fourth-order valence-electron chi connectivity index (χ4n) is 6.77. The molecule has 1 aliphatic carbocycles. The lowest BCUT2D eigenvalue weighted by molar-refractivity contribution is -0.158. The molecule has 0 bridgehead atoms. The Hall–Kier alpha value is -3.61. The molecule has 0 aliphatic heterocycles. The van der Waals surface area contributed by atoms with E-state index in [1.165, 1.54) is 56.9 Å². The minimum absolute atomic E-state index is 0.203. The van der Waals surface area contributed by atoms with Gasteiger partial charge < -0.3 is 18.9 Å². The lowest BCUT2D eigenvalue weighted by Gasteiger charge is -2.29. The third kappa shape index (κ3) is 16.1. The molecule has 0 amide bonds. The molecule has 1 saturated carbocycles. The number of hydrogen-bond acceptors (Lipinski definition) is 7. The number of hydrogen-bond donors (Lipinski definition) is 0. The molecule has 0 radical (unpaired) electrons. The number of carbonyl (C=O) groups excluding carboxylic acids is 3. The summed E-state index contributed by atoms with van der Waals surface area (Å²) in [7, 11) is 0. The molecular weight excluding hydrogens is 640 g/mol. The van der Waals surface area contributed by atoms with Gasteiger partial charge in [-0.3, -0.25) is 4.79 Å². The van der Waals surface area contributed by atoms with E-state index in [0.717, 1.165) is 38.0 Å². The highest BCUT2D eigenvalue weighted by Gasteiger charge is 2.25. The monoisotopic (exact) mass is 704 g/mol. The van der Waals surface area contributed by atoms with Gasteiger partial charge in [-0.25, -0.2) is 9.59 Å². The zero-order valence-corrected chi connectivity index (χ0v) is 32.4. The Bertz CT molecular complexity index is 1370. The van der Waals surface area contributed by atoms with Crippen LogP contribution in [0.3, 0.4) is 0 Å². The highest BCUT2D eigenvalue weighted by molar-refractivity contribution is 5.91. The Morgan fingerprint density at radius 3 is 1.96 bits per heavy atom. The lowest BCUT2D eigenvalue weighted by atomic mass is 9.77. The summed E-state index contributed by atoms with van der Waals surface area (Å²) in [4.78, 5) is 37.0. The Balaban J connectivity index is 1.27. The van der Waals surface area contributed by atoms with Crippen LogP contribution in [-0.4, -0.2) is 35.7 Å². The molecule has 0 spiro atoms. The molecule has 1 fully saturated rings. The average Bonchev–Trinajstić information content (AvgIpc) is 3.09. The Morgan fingerprint density at radius 2 is 1.33 bits per heavy atom. The molecular formula is C44H64O7. The molecule has 51 heavy (non-hydrogen) atoms. The van der Waals surface area contributed by atoms with E-state index in [2.05, 4.69) is 25.6 Å². The average molecular weight is 705 g/mol. The smallest absolute Gasteiger partial charge is 0.343 e. The van der Waals surface area contributed by atoms with Crippen molar-refractivity contribution in [3.05, 3.63) is 71.8 Å². The summed E-state index contributed by atoms with van der Waals surface area (Å²) in [6.07, 6.45) is 16.5. The second kappa shape index (κ2) is 21.0. The van der Waals surface area contributed by atoms with Gasteiger partial charge in [0.25, 0.3) is 0 Å².